The van der Waals surface area contributed by atoms with Crippen molar-refractivity contribution in [2.45, 2.75) is 20.4 Å². The molecule has 0 radical (unpaired) electrons. The lowest BCUT2D eigenvalue weighted by Gasteiger charge is -2.17. The van der Waals surface area contributed by atoms with Gasteiger partial charge in [-0.15, -0.1) is 11.3 Å². The summed E-state index contributed by atoms with van der Waals surface area (Å²) >= 11 is 1.29. The van der Waals surface area contributed by atoms with Crippen molar-refractivity contribution in [3.8, 4) is 0 Å². The first-order valence-corrected chi connectivity index (χ1v) is 7.46. The number of amides is 2. The van der Waals surface area contributed by atoms with E-state index in [9.17, 15) is 9.59 Å². The molecule has 2 amide bonds. The van der Waals surface area contributed by atoms with Crippen LogP contribution >= 0.6 is 11.3 Å². The van der Waals surface area contributed by atoms with Gasteiger partial charge in [0.25, 0.3) is 5.91 Å². The highest BCUT2D eigenvalue weighted by atomic mass is 32.1. The number of anilines is 1. The molecule has 1 N–H and O–H groups in total. The molecule has 1 aromatic carbocycles. The fraction of sp³-hybridized carbons (Fsp3) is 0.250. The average Bonchev–Trinajstić information content (AvgIpc) is 2.88. The second-order valence-electron chi connectivity index (χ2n) is 4.93. The molecular weight excluding hydrogens is 284 g/mol. The minimum absolute atomic E-state index is 0.0418. The fourth-order valence-corrected chi connectivity index (χ4v) is 2.94. The largest absolute Gasteiger partial charge is 0.337 e. The van der Waals surface area contributed by atoms with Crippen molar-refractivity contribution in [1.29, 1.82) is 0 Å². The summed E-state index contributed by atoms with van der Waals surface area (Å²) in [6.07, 6.45) is 0. The van der Waals surface area contributed by atoms with E-state index in [4.69, 9.17) is 0 Å². The molecule has 0 atom stereocenters. The Balaban J connectivity index is 2.07. The normalized spacial score (nSPS) is 10.2. The van der Waals surface area contributed by atoms with E-state index >= 15 is 0 Å². The van der Waals surface area contributed by atoms with Gasteiger partial charge in [-0.2, -0.15) is 0 Å². The Morgan fingerprint density at radius 2 is 1.90 bits per heavy atom. The van der Waals surface area contributed by atoms with E-state index in [2.05, 4.69) is 5.32 Å². The number of rotatable bonds is 4. The Morgan fingerprint density at radius 3 is 2.57 bits per heavy atom. The first kappa shape index (κ1) is 15.3. The second-order valence-corrected chi connectivity index (χ2v) is 6.02. The Labute approximate surface area is 128 Å². The lowest BCUT2D eigenvalue weighted by atomic mass is 10.1. The number of carbonyl (C=O) groups is 2. The summed E-state index contributed by atoms with van der Waals surface area (Å²) in [6, 6.07) is 11.5. The first-order chi connectivity index (χ1) is 9.97. The highest BCUT2D eigenvalue weighted by molar-refractivity contribution is 7.18. The van der Waals surface area contributed by atoms with Gasteiger partial charge in [0.05, 0.1) is 9.88 Å². The zero-order valence-electron chi connectivity index (χ0n) is 12.3. The molecular formula is C16H18N2O2S. The molecule has 0 aliphatic rings. The smallest absolute Gasteiger partial charge is 0.264 e. The fourth-order valence-electron chi connectivity index (χ4n) is 2.00. The van der Waals surface area contributed by atoms with Crippen LogP contribution in [0.3, 0.4) is 0 Å². The molecule has 0 saturated carbocycles. The van der Waals surface area contributed by atoms with Crippen LogP contribution < -0.4 is 5.32 Å². The van der Waals surface area contributed by atoms with Crippen LogP contribution in [0.15, 0.2) is 36.4 Å². The number of carbonyl (C=O) groups excluding carboxylic acids is 2. The molecule has 0 aliphatic heterocycles. The van der Waals surface area contributed by atoms with Gasteiger partial charge in [-0.05, 0) is 30.2 Å². The van der Waals surface area contributed by atoms with Crippen LogP contribution in [0.2, 0.25) is 0 Å². The van der Waals surface area contributed by atoms with Crippen molar-refractivity contribution in [1.82, 2.24) is 4.90 Å². The number of benzene rings is 1. The maximum absolute atomic E-state index is 12.4. The summed E-state index contributed by atoms with van der Waals surface area (Å²) in [6.45, 7) is 4.05. The molecule has 2 rings (SSSR count). The Hall–Kier alpha value is -2.14. The van der Waals surface area contributed by atoms with Crippen molar-refractivity contribution in [3.63, 3.8) is 0 Å². The first-order valence-electron chi connectivity index (χ1n) is 6.65. The molecule has 0 saturated heterocycles. The lowest BCUT2D eigenvalue weighted by Crippen LogP contribution is -2.25. The molecule has 0 fully saturated rings. The molecule has 21 heavy (non-hydrogen) atoms. The SMILES string of the molecule is CC(=O)Nc1ccc(C(=O)N(C)Cc2ccccc2C)s1. The van der Waals surface area contributed by atoms with E-state index < -0.39 is 0 Å². The molecule has 0 aliphatic carbocycles. The topological polar surface area (TPSA) is 49.4 Å². The van der Waals surface area contributed by atoms with E-state index in [0.29, 0.717) is 16.4 Å². The number of nitrogens with one attached hydrogen (secondary N) is 1. The minimum Gasteiger partial charge on any atom is -0.337 e. The van der Waals surface area contributed by atoms with Gasteiger partial charge < -0.3 is 10.2 Å². The number of nitrogens with zero attached hydrogens (tertiary/aromatic N) is 1. The number of aryl methyl sites for hydroxylation is 1. The van der Waals surface area contributed by atoms with Crippen LogP contribution in [0.4, 0.5) is 5.00 Å². The minimum atomic E-state index is -0.135. The molecule has 0 spiro atoms. The summed E-state index contributed by atoms with van der Waals surface area (Å²) in [5, 5.41) is 3.38. The van der Waals surface area contributed by atoms with E-state index in [-0.39, 0.29) is 11.8 Å². The van der Waals surface area contributed by atoms with Crippen LogP contribution in [-0.2, 0) is 11.3 Å². The van der Waals surface area contributed by atoms with Gasteiger partial charge >= 0.3 is 0 Å². The Morgan fingerprint density at radius 1 is 1.19 bits per heavy atom. The quantitative estimate of drug-likeness (QED) is 0.942. The van der Waals surface area contributed by atoms with Crippen molar-refractivity contribution in [3.05, 3.63) is 52.4 Å². The predicted molar refractivity (Wildman–Crippen MR) is 85.6 cm³/mol. The van der Waals surface area contributed by atoms with Crippen LogP contribution in [-0.4, -0.2) is 23.8 Å². The van der Waals surface area contributed by atoms with Gasteiger partial charge in [-0.1, -0.05) is 24.3 Å². The highest BCUT2D eigenvalue weighted by Gasteiger charge is 2.15. The highest BCUT2D eigenvalue weighted by Crippen LogP contribution is 2.23. The number of thiophene rings is 1. The van der Waals surface area contributed by atoms with E-state index in [1.165, 1.54) is 23.8 Å². The van der Waals surface area contributed by atoms with Gasteiger partial charge in [0, 0.05) is 20.5 Å². The molecule has 110 valence electrons. The maximum atomic E-state index is 12.4. The van der Waals surface area contributed by atoms with Crippen molar-refractivity contribution >= 4 is 28.2 Å². The zero-order valence-corrected chi connectivity index (χ0v) is 13.2. The van der Waals surface area contributed by atoms with Gasteiger partial charge in [-0.3, -0.25) is 9.59 Å². The van der Waals surface area contributed by atoms with Gasteiger partial charge in [0.1, 0.15) is 0 Å². The van der Waals surface area contributed by atoms with Crippen LogP contribution in [0.5, 0.6) is 0 Å². The molecule has 1 heterocycles. The standard InChI is InChI=1S/C16H18N2O2S/c1-11-6-4-5-7-13(11)10-18(3)16(20)14-8-9-15(21-14)17-12(2)19/h4-9H,10H2,1-3H3,(H,17,19). The molecule has 5 heteroatoms. The van der Waals surface area contributed by atoms with Crippen LogP contribution in [0.1, 0.15) is 27.7 Å². The number of hydrogen-bond donors (Lipinski definition) is 1. The summed E-state index contributed by atoms with van der Waals surface area (Å²) in [4.78, 5) is 25.7. The third-order valence-corrected chi connectivity index (χ3v) is 4.12. The average molecular weight is 302 g/mol. The molecule has 0 bridgehead atoms. The summed E-state index contributed by atoms with van der Waals surface area (Å²) in [7, 11) is 1.78. The van der Waals surface area contributed by atoms with Gasteiger partial charge in [0.15, 0.2) is 0 Å². The summed E-state index contributed by atoms with van der Waals surface area (Å²) in [5.74, 6) is -0.177. The monoisotopic (exact) mass is 302 g/mol. The second kappa shape index (κ2) is 6.54. The third kappa shape index (κ3) is 3.92. The van der Waals surface area contributed by atoms with E-state index in [1.807, 2.05) is 31.2 Å². The molecule has 1 aromatic heterocycles. The maximum Gasteiger partial charge on any atom is 0.264 e. The Kier molecular flexibility index (Phi) is 4.75. The van der Waals surface area contributed by atoms with E-state index in [1.54, 1.807) is 24.1 Å². The molecule has 0 unspecified atom stereocenters. The summed E-state index contributed by atoms with van der Waals surface area (Å²) in [5.41, 5.74) is 2.30. The van der Waals surface area contributed by atoms with Crippen molar-refractivity contribution in [2.75, 3.05) is 12.4 Å². The van der Waals surface area contributed by atoms with Crippen molar-refractivity contribution in [2.24, 2.45) is 0 Å². The molecule has 2 aromatic rings. The molecule has 4 nitrogen and oxygen atoms in total. The van der Waals surface area contributed by atoms with Crippen molar-refractivity contribution < 1.29 is 9.59 Å². The van der Waals surface area contributed by atoms with E-state index in [0.717, 1.165) is 5.56 Å². The van der Waals surface area contributed by atoms with Crippen LogP contribution in [0.25, 0.3) is 0 Å². The third-order valence-electron chi connectivity index (χ3n) is 3.13. The Bertz CT molecular complexity index is 664. The summed E-state index contributed by atoms with van der Waals surface area (Å²) < 4.78 is 0. The zero-order chi connectivity index (χ0) is 15.4. The predicted octanol–water partition coefficient (Wildman–Crippen LogP) is 3.29. The van der Waals surface area contributed by atoms with Crippen LogP contribution in [0, 0.1) is 6.92 Å². The van der Waals surface area contributed by atoms with Gasteiger partial charge in [0.2, 0.25) is 5.91 Å². The van der Waals surface area contributed by atoms with Gasteiger partial charge in [-0.25, -0.2) is 0 Å². The number of hydrogen-bond acceptors (Lipinski definition) is 3. The lowest BCUT2D eigenvalue weighted by molar-refractivity contribution is -0.114.